The van der Waals surface area contributed by atoms with Crippen LogP contribution in [0.1, 0.15) is 11.1 Å². The summed E-state index contributed by atoms with van der Waals surface area (Å²) in [6, 6.07) is 3.37. The molecule has 0 amide bonds. The highest BCUT2D eigenvalue weighted by Crippen LogP contribution is 2.36. The number of anilines is 1. The number of aromatic hydroxyl groups is 1. The minimum Gasteiger partial charge on any atom is -0.506 e. The molecule has 0 aliphatic heterocycles. The molecule has 0 saturated carbocycles. The number of benzene rings is 1. The van der Waals surface area contributed by atoms with E-state index < -0.39 is 0 Å². The Labute approximate surface area is 98.1 Å². The van der Waals surface area contributed by atoms with Crippen molar-refractivity contribution in [1.29, 1.82) is 0 Å². The van der Waals surface area contributed by atoms with Crippen molar-refractivity contribution in [3.05, 3.63) is 28.3 Å². The van der Waals surface area contributed by atoms with Crippen molar-refractivity contribution in [2.75, 3.05) is 5.73 Å². The topological polar surface area (TPSA) is 74.9 Å². The highest BCUT2D eigenvalue weighted by atomic mass is 35.5. The maximum Gasteiger partial charge on any atom is 0.145 e. The van der Waals surface area contributed by atoms with Crippen molar-refractivity contribution >= 4 is 17.4 Å². The summed E-state index contributed by atoms with van der Waals surface area (Å²) >= 11 is 6.00. The Morgan fingerprint density at radius 3 is 2.62 bits per heavy atom. The number of phenolic OH excluding ortho intramolecular Hbond substituents is 1. The first-order valence-electron chi connectivity index (χ1n) is 4.80. The Kier molecular flexibility index (Phi) is 2.52. The molecule has 1 aromatic carbocycles. The van der Waals surface area contributed by atoms with Crippen molar-refractivity contribution in [2.24, 2.45) is 0 Å². The van der Waals surface area contributed by atoms with Gasteiger partial charge in [0.25, 0.3) is 0 Å². The van der Waals surface area contributed by atoms with Gasteiger partial charge >= 0.3 is 0 Å². The summed E-state index contributed by atoms with van der Waals surface area (Å²) in [4.78, 5) is 0. The molecule has 16 heavy (non-hydrogen) atoms. The summed E-state index contributed by atoms with van der Waals surface area (Å²) < 4.78 is 0. The molecular weight excluding hydrogens is 226 g/mol. The number of phenols is 1. The van der Waals surface area contributed by atoms with E-state index in [2.05, 4.69) is 10.2 Å². The summed E-state index contributed by atoms with van der Waals surface area (Å²) in [5, 5.41) is 16.6. The zero-order chi connectivity index (χ0) is 11.9. The molecule has 0 atom stereocenters. The SMILES string of the molecule is Cc1cc(O)c(Cl)c(C)c1-c1cc(N)n[nH]1. The van der Waals surface area contributed by atoms with Crippen LogP contribution in [0.5, 0.6) is 5.75 Å². The van der Waals surface area contributed by atoms with Crippen LogP contribution in [0.2, 0.25) is 5.02 Å². The van der Waals surface area contributed by atoms with Crippen LogP contribution >= 0.6 is 11.6 Å². The molecule has 0 saturated heterocycles. The highest BCUT2D eigenvalue weighted by molar-refractivity contribution is 6.33. The lowest BCUT2D eigenvalue weighted by Crippen LogP contribution is -1.90. The molecule has 2 rings (SSSR count). The fraction of sp³-hybridized carbons (Fsp3) is 0.182. The zero-order valence-electron chi connectivity index (χ0n) is 9.00. The molecule has 1 aromatic heterocycles. The molecule has 0 aliphatic rings. The molecule has 0 fully saturated rings. The lowest BCUT2D eigenvalue weighted by Gasteiger charge is -2.10. The van der Waals surface area contributed by atoms with E-state index in [0.717, 1.165) is 22.4 Å². The summed E-state index contributed by atoms with van der Waals surface area (Å²) in [6.45, 7) is 3.75. The van der Waals surface area contributed by atoms with E-state index in [1.807, 2.05) is 13.8 Å². The maximum absolute atomic E-state index is 9.58. The van der Waals surface area contributed by atoms with Gasteiger partial charge in [-0.1, -0.05) is 11.6 Å². The first-order chi connectivity index (χ1) is 7.50. The lowest BCUT2D eigenvalue weighted by atomic mass is 9.99. The van der Waals surface area contributed by atoms with Gasteiger partial charge in [0, 0.05) is 11.6 Å². The first-order valence-corrected chi connectivity index (χ1v) is 5.18. The Morgan fingerprint density at radius 1 is 1.38 bits per heavy atom. The van der Waals surface area contributed by atoms with Crippen LogP contribution in [0.3, 0.4) is 0 Å². The number of nitrogens with one attached hydrogen (secondary N) is 1. The van der Waals surface area contributed by atoms with Gasteiger partial charge in [-0.3, -0.25) is 5.10 Å². The van der Waals surface area contributed by atoms with Crippen LogP contribution < -0.4 is 5.73 Å². The summed E-state index contributed by atoms with van der Waals surface area (Å²) in [6.07, 6.45) is 0. The van der Waals surface area contributed by atoms with Crippen LogP contribution in [-0.4, -0.2) is 15.3 Å². The number of aromatic amines is 1. The number of rotatable bonds is 1. The standard InChI is InChI=1S/C11H12ClN3O/c1-5-3-8(16)11(12)6(2)10(5)7-4-9(13)15-14-7/h3-4,16H,1-2H3,(H3,13,14,15). The van der Waals surface area contributed by atoms with Gasteiger partial charge in [-0.05, 0) is 31.0 Å². The van der Waals surface area contributed by atoms with Crippen LogP contribution in [0, 0.1) is 13.8 Å². The van der Waals surface area contributed by atoms with Crippen molar-refractivity contribution in [3.8, 4) is 17.0 Å². The fourth-order valence-electron chi connectivity index (χ4n) is 1.82. The smallest absolute Gasteiger partial charge is 0.145 e. The largest absolute Gasteiger partial charge is 0.506 e. The van der Waals surface area contributed by atoms with Gasteiger partial charge in [-0.25, -0.2) is 0 Å². The monoisotopic (exact) mass is 237 g/mol. The molecule has 0 radical (unpaired) electrons. The molecule has 84 valence electrons. The van der Waals surface area contributed by atoms with Gasteiger partial charge in [-0.15, -0.1) is 0 Å². The second kappa shape index (κ2) is 3.72. The second-order valence-corrected chi connectivity index (χ2v) is 4.11. The van der Waals surface area contributed by atoms with E-state index in [1.54, 1.807) is 12.1 Å². The third-order valence-electron chi connectivity index (χ3n) is 2.54. The van der Waals surface area contributed by atoms with E-state index >= 15 is 0 Å². The van der Waals surface area contributed by atoms with E-state index in [9.17, 15) is 5.11 Å². The number of aryl methyl sites for hydroxylation is 1. The van der Waals surface area contributed by atoms with Gasteiger partial charge in [-0.2, -0.15) is 5.10 Å². The average molecular weight is 238 g/mol. The Morgan fingerprint density at radius 2 is 2.06 bits per heavy atom. The Balaban J connectivity index is 2.70. The van der Waals surface area contributed by atoms with Crippen LogP contribution in [0.4, 0.5) is 5.82 Å². The molecule has 2 aromatic rings. The minimum absolute atomic E-state index is 0.0907. The maximum atomic E-state index is 9.58. The molecule has 4 nitrogen and oxygen atoms in total. The molecule has 1 heterocycles. The highest BCUT2D eigenvalue weighted by Gasteiger charge is 2.14. The van der Waals surface area contributed by atoms with Crippen LogP contribution in [-0.2, 0) is 0 Å². The van der Waals surface area contributed by atoms with Crippen molar-refractivity contribution in [1.82, 2.24) is 10.2 Å². The van der Waals surface area contributed by atoms with E-state index in [4.69, 9.17) is 17.3 Å². The Hall–Kier alpha value is -1.68. The number of hydrogen-bond acceptors (Lipinski definition) is 3. The van der Waals surface area contributed by atoms with Gasteiger partial charge in [0.05, 0.1) is 10.7 Å². The molecular formula is C11H12ClN3O. The molecule has 0 spiro atoms. The third-order valence-corrected chi connectivity index (χ3v) is 3.02. The molecule has 0 aliphatic carbocycles. The summed E-state index contributed by atoms with van der Waals surface area (Å²) in [5.41, 5.74) is 9.01. The lowest BCUT2D eigenvalue weighted by molar-refractivity contribution is 0.475. The number of H-pyrrole nitrogens is 1. The fourth-order valence-corrected chi connectivity index (χ4v) is 1.97. The van der Waals surface area contributed by atoms with Crippen LogP contribution in [0.15, 0.2) is 12.1 Å². The second-order valence-electron chi connectivity index (χ2n) is 3.73. The number of aromatic nitrogens is 2. The first kappa shape index (κ1) is 10.8. The molecule has 0 unspecified atom stereocenters. The number of nitrogen functional groups attached to an aromatic ring is 1. The van der Waals surface area contributed by atoms with Crippen molar-refractivity contribution < 1.29 is 5.11 Å². The molecule has 4 N–H and O–H groups in total. The van der Waals surface area contributed by atoms with Crippen molar-refractivity contribution in [3.63, 3.8) is 0 Å². The quantitative estimate of drug-likeness (QED) is 0.714. The zero-order valence-corrected chi connectivity index (χ0v) is 9.76. The third kappa shape index (κ3) is 1.61. The molecule has 0 bridgehead atoms. The summed E-state index contributed by atoms with van der Waals surface area (Å²) in [5.74, 6) is 0.519. The van der Waals surface area contributed by atoms with E-state index in [1.165, 1.54) is 0 Å². The number of nitrogens with two attached hydrogens (primary N) is 1. The predicted molar refractivity (Wildman–Crippen MR) is 64.6 cm³/mol. The minimum atomic E-state index is 0.0907. The Bertz CT molecular complexity index is 548. The number of hydrogen-bond donors (Lipinski definition) is 3. The van der Waals surface area contributed by atoms with Gasteiger partial charge < -0.3 is 10.8 Å². The molecule has 5 heteroatoms. The van der Waals surface area contributed by atoms with Gasteiger partial charge in [0.1, 0.15) is 11.6 Å². The number of halogens is 1. The normalized spacial score (nSPS) is 10.7. The average Bonchev–Trinajstić information content (AvgIpc) is 2.61. The predicted octanol–water partition coefficient (Wildman–Crippen LogP) is 2.63. The van der Waals surface area contributed by atoms with Crippen LogP contribution in [0.25, 0.3) is 11.3 Å². The number of nitrogens with zero attached hydrogens (tertiary/aromatic N) is 1. The summed E-state index contributed by atoms with van der Waals surface area (Å²) in [7, 11) is 0. The van der Waals surface area contributed by atoms with Gasteiger partial charge in [0.2, 0.25) is 0 Å². The van der Waals surface area contributed by atoms with Gasteiger partial charge in [0.15, 0.2) is 0 Å². The van der Waals surface area contributed by atoms with Crippen molar-refractivity contribution in [2.45, 2.75) is 13.8 Å². The van der Waals surface area contributed by atoms with E-state index in [-0.39, 0.29) is 5.75 Å². The van der Waals surface area contributed by atoms with E-state index in [0.29, 0.717) is 10.8 Å².